The Hall–Kier alpha value is -2.89. The molecule has 2 rings (SSSR count). The van der Waals surface area contributed by atoms with Crippen molar-refractivity contribution < 1.29 is 32.2 Å². The lowest BCUT2D eigenvalue weighted by Gasteiger charge is -2.12. The van der Waals surface area contributed by atoms with Crippen molar-refractivity contribution >= 4 is 21.6 Å². The molecule has 0 aliphatic rings. The maximum atomic E-state index is 12.5. The minimum Gasteiger partial charge on any atom is -0.493 e. The normalized spacial score (nSPS) is 11.0. The third-order valence-electron chi connectivity index (χ3n) is 3.88. The van der Waals surface area contributed by atoms with Crippen molar-refractivity contribution in [2.75, 3.05) is 46.4 Å². The summed E-state index contributed by atoms with van der Waals surface area (Å²) < 4.78 is 47.9. The maximum absolute atomic E-state index is 12.5. The largest absolute Gasteiger partial charge is 0.493 e. The number of benzene rings is 1. The number of rotatable bonds is 12. The van der Waals surface area contributed by atoms with Crippen LogP contribution in [-0.2, 0) is 19.6 Å². The van der Waals surface area contributed by atoms with Gasteiger partial charge in [-0.15, -0.1) is 0 Å². The summed E-state index contributed by atoms with van der Waals surface area (Å²) in [7, 11) is 0.595. The van der Waals surface area contributed by atoms with Crippen LogP contribution < -0.4 is 24.2 Å². The van der Waals surface area contributed by atoms with E-state index in [1.807, 2.05) is 0 Å². The van der Waals surface area contributed by atoms with Crippen molar-refractivity contribution in [2.45, 2.75) is 11.3 Å². The molecule has 11 heteroatoms. The number of carbonyl (C=O) groups excluding carboxylic acids is 1. The first-order chi connectivity index (χ1) is 14.4. The first kappa shape index (κ1) is 23.4. The van der Waals surface area contributed by atoms with Gasteiger partial charge in [0, 0.05) is 32.3 Å². The van der Waals surface area contributed by atoms with Crippen LogP contribution in [0.3, 0.4) is 0 Å². The van der Waals surface area contributed by atoms with E-state index in [2.05, 4.69) is 15.0 Å². The molecular weight excluding hydrogens is 414 g/mol. The second kappa shape index (κ2) is 11.3. The maximum Gasteiger partial charge on any atom is 0.240 e. The highest BCUT2D eigenvalue weighted by molar-refractivity contribution is 7.89. The van der Waals surface area contributed by atoms with Gasteiger partial charge in [-0.3, -0.25) is 4.79 Å². The molecule has 2 N–H and O–H groups in total. The number of ether oxygens (including phenoxy) is 4. The van der Waals surface area contributed by atoms with Gasteiger partial charge in [-0.05, 0) is 24.3 Å². The Morgan fingerprint density at radius 2 is 1.83 bits per heavy atom. The highest BCUT2D eigenvalue weighted by Crippen LogP contribution is 2.29. The van der Waals surface area contributed by atoms with Gasteiger partial charge in [0.05, 0.1) is 25.7 Å². The molecule has 1 amide bonds. The van der Waals surface area contributed by atoms with Crippen LogP contribution in [-0.4, -0.2) is 60.4 Å². The molecule has 0 bridgehead atoms. The van der Waals surface area contributed by atoms with Crippen LogP contribution in [0.5, 0.6) is 17.4 Å². The third-order valence-corrected chi connectivity index (χ3v) is 5.34. The van der Waals surface area contributed by atoms with E-state index < -0.39 is 15.9 Å². The topological polar surface area (TPSA) is 125 Å². The molecule has 0 atom stereocenters. The van der Waals surface area contributed by atoms with Crippen molar-refractivity contribution in [2.24, 2.45) is 0 Å². The molecule has 0 saturated carbocycles. The lowest BCUT2D eigenvalue weighted by molar-refractivity contribution is -0.116. The Labute approximate surface area is 175 Å². The lowest BCUT2D eigenvalue weighted by Crippen LogP contribution is -2.28. The molecule has 164 valence electrons. The van der Waals surface area contributed by atoms with E-state index >= 15 is 0 Å². The molecule has 1 aromatic heterocycles. The smallest absolute Gasteiger partial charge is 0.240 e. The average molecular weight is 439 g/mol. The van der Waals surface area contributed by atoms with Crippen LogP contribution in [0.25, 0.3) is 0 Å². The van der Waals surface area contributed by atoms with Crippen molar-refractivity contribution in [1.29, 1.82) is 0 Å². The summed E-state index contributed by atoms with van der Waals surface area (Å²) >= 11 is 0. The van der Waals surface area contributed by atoms with Gasteiger partial charge in [0.15, 0.2) is 11.5 Å². The van der Waals surface area contributed by atoms with E-state index in [0.29, 0.717) is 18.0 Å². The van der Waals surface area contributed by atoms with Crippen molar-refractivity contribution in [3.63, 3.8) is 0 Å². The van der Waals surface area contributed by atoms with Gasteiger partial charge in [-0.2, -0.15) is 0 Å². The fraction of sp³-hybridized carbons (Fsp3) is 0.368. The summed E-state index contributed by atoms with van der Waals surface area (Å²) in [5.41, 5.74) is 0.390. The number of nitrogens with one attached hydrogen (secondary N) is 2. The zero-order chi connectivity index (χ0) is 22.0. The number of carbonyl (C=O) groups is 1. The van der Waals surface area contributed by atoms with E-state index in [1.165, 1.54) is 38.6 Å². The Morgan fingerprint density at radius 1 is 1.07 bits per heavy atom. The lowest BCUT2D eigenvalue weighted by atomic mass is 10.3. The van der Waals surface area contributed by atoms with Gasteiger partial charge in [0.1, 0.15) is 12.3 Å². The predicted molar refractivity (Wildman–Crippen MR) is 110 cm³/mol. The molecule has 1 heterocycles. The van der Waals surface area contributed by atoms with Crippen LogP contribution in [0.15, 0.2) is 41.4 Å². The molecule has 2 aromatic rings. The molecule has 0 aliphatic heterocycles. The highest BCUT2D eigenvalue weighted by atomic mass is 32.2. The second-order valence-corrected chi connectivity index (χ2v) is 7.68. The average Bonchev–Trinajstić information content (AvgIpc) is 2.74. The SMILES string of the molecule is COCCOc1ncccc1NC(=O)CCNS(=O)(=O)c1ccc(OC)c(OC)c1. The molecule has 0 spiro atoms. The first-order valence-electron chi connectivity index (χ1n) is 8.99. The molecule has 1 aromatic carbocycles. The Morgan fingerprint density at radius 3 is 2.53 bits per heavy atom. The molecule has 0 fully saturated rings. The van der Waals surface area contributed by atoms with Crippen LogP contribution in [0.1, 0.15) is 6.42 Å². The van der Waals surface area contributed by atoms with Gasteiger partial charge in [-0.25, -0.2) is 18.1 Å². The number of nitrogens with zero attached hydrogens (tertiary/aromatic N) is 1. The summed E-state index contributed by atoms with van der Waals surface area (Å²) in [4.78, 5) is 16.3. The number of methoxy groups -OCH3 is 3. The fourth-order valence-corrected chi connectivity index (χ4v) is 3.45. The summed E-state index contributed by atoms with van der Waals surface area (Å²) in [5, 5.41) is 2.66. The standard InChI is InChI=1S/C19H25N3O7S/c1-26-11-12-29-19-15(5-4-9-20-19)22-18(23)8-10-21-30(24,25)14-6-7-16(27-2)17(13-14)28-3/h4-7,9,13,21H,8,10-12H2,1-3H3,(H,22,23). The van der Waals surface area contributed by atoms with E-state index in [9.17, 15) is 13.2 Å². The van der Waals surface area contributed by atoms with Crippen molar-refractivity contribution in [3.8, 4) is 17.4 Å². The monoisotopic (exact) mass is 439 g/mol. The molecule has 30 heavy (non-hydrogen) atoms. The van der Waals surface area contributed by atoms with Gasteiger partial charge < -0.3 is 24.3 Å². The minimum atomic E-state index is -3.83. The van der Waals surface area contributed by atoms with E-state index in [4.69, 9.17) is 18.9 Å². The summed E-state index contributed by atoms with van der Waals surface area (Å²) in [6.45, 7) is 0.562. The van der Waals surface area contributed by atoms with Gasteiger partial charge in [0.2, 0.25) is 21.8 Å². The zero-order valence-corrected chi connectivity index (χ0v) is 17.8. The third kappa shape index (κ3) is 6.58. The number of amides is 1. The highest BCUT2D eigenvalue weighted by Gasteiger charge is 2.17. The molecule has 0 aliphatic carbocycles. The van der Waals surface area contributed by atoms with Crippen LogP contribution in [0.4, 0.5) is 5.69 Å². The Kier molecular flexibility index (Phi) is 8.84. The first-order valence-corrected chi connectivity index (χ1v) is 10.5. The van der Waals surface area contributed by atoms with E-state index in [-0.39, 0.29) is 36.1 Å². The molecule has 10 nitrogen and oxygen atoms in total. The van der Waals surface area contributed by atoms with Gasteiger partial charge in [0.25, 0.3) is 0 Å². The zero-order valence-electron chi connectivity index (χ0n) is 17.0. The molecular formula is C19H25N3O7S. The van der Waals surface area contributed by atoms with Crippen LogP contribution in [0, 0.1) is 0 Å². The Bertz CT molecular complexity index is 951. The number of pyridine rings is 1. The summed E-state index contributed by atoms with van der Waals surface area (Å²) in [6.07, 6.45) is 1.45. The summed E-state index contributed by atoms with van der Waals surface area (Å²) in [6, 6.07) is 7.52. The Balaban J connectivity index is 1.93. The van der Waals surface area contributed by atoms with Crippen LogP contribution in [0.2, 0.25) is 0 Å². The number of anilines is 1. The number of hydrogen-bond donors (Lipinski definition) is 2. The quantitative estimate of drug-likeness (QED) is 0.476. The fourth-order valence-electron chi connectivity index (χ4n) is 2.40. The number of aromatic nitrogens is 1. The van der Waals surface area contributed by atoms with Gasteiger partial charge >= 0.3 is 0 Å². The second-order valence-electron chi connectivity index (χ2n) is 5.91. The van der Waals surface area contributed by atoms with E-state index in [0.717, 1.165) is 0 Å². The number of hydrogen-bond acceptors (Lipinski definition) is 8. The van der Waals surface area contributed by atoms with Crippen LogP contribution >= 0.6 is 0 Å². The van der Waals surface area contributed by atoms with Crippen molar-refractivity contribution in [1.82, 2.24) is 9.71 Å². The molecule has 0 unspecified atom stereocenters. The number of sulfonamides is 1. The van der Waals surface area contributed by atoms with Gasteiger partial charge in [-0.1, -0.05) is 0 Å². The molecule has 0 saturated heterocycles. The summed E-state index contributed by atoms with van der Waals surface area (Å²) in [5.74, 6) is 0.565. The predicted octanol–water partition coefficient (Wildman–Crippen LogP) is 1.43. The van der Waals surface area contributed by atoms with Crippen molar-refractivity contribution in [3.05, 3.63) is 36.5 Å². The van der Waals surface area contributed by atoms with E-state index in [1.54, 1.807) is 19.2 Å². The minimum absolute atomic E-state index is 0.00152. The molecule has 0 radical (unpaired) electrons.